The Morgan fingerprint density at radius 2 is 2.41 bits per heavy atom. The number of hydrogen-bond donors (Lipinski definition) is 1. The zero-order valence-electron chi connectivity index (χ0n) is 9.36. The molecule has 4 nitrogen and oxygen atoms in total. The van der Waals surface area contributed by atoms with Gasteiger partial charge in [0.05, 0.1) is 6.20 Å². The van der Waals surface area contributed by atoms with Crippen LogP contribution >= 0.6 is 11.8 Å². The normalized spacial score (nSPS) is 9.94. The number of fused-ring (bicyclic) bond motifs is 1. The fourth-order valence-electron chi connectivity index (χ4n) is 1.32. The lowest BCUT2D eigenvalue weighted by molar-refractivity contribution is -0.109. The molecule has 0 atom stereocenters. The van der Waals surface area contributed by atoms with Gasteiger partial charge in [0.25, 0.3) is 0 Å². The number of nitrogens with one attached hydrogen (secondary N) is 1. The Labute approximate surface area is 103 Å². The molecule has 2 heterocycles. The van der Waals surface area contributed by atoms with Gasteiger partial charge in [-0.2, -0.15) is 5.10 Å². The van der Waals surface area contributed by atoms with Crippen LogP contribution in [0, 0.1) is 11.8 Å². The van der Waals surface area contributed by atoms with Crippen LogP contribution in [0.25, 0.3) is 11.0 Å². The van der Waals surface area contributed by atoms with E-state index in [0.29, 0.717) is 6.42 Å². The van der Waals surface area contributed by atoms with Crippen molar-refractivity contribution in [2.24, 2.45) is 0 Å². The van der Waals surface area contributed by atoms with Crippen LogP contribution < -0.4 is 0 Å². The van der Waals surface area contributed by atoms with Crippen molar-refractivity contribution in [3.63, 3.8) is 0 Å². The molecule has 0 bridgehead atoms. The Bertz CT molecular complexity index is 594. The van der Waals surface area contributed by atoms with Crippen molar-refractivity contribution in [2.75, 3.05) is 5.75 Å². The first kappa shape index (κ1) is 11.7. The molecule has 2 rings (SSSR count). The van der Waals surface area contributed by atoms with Crippen LogP contribution in [0.4, 0.5) is 0 Å². The van der Waals surface area contributed by atoms with E-state index in [2.05, 4.69) is 27.0 Å². The first-order valence-electron chi connectivity index (χ1n) is 5.17. The lowest BCUT2D eigenvalue weighted by Gasteiger charge is -1.91. The van der Waals surface area contributed by atoms with E-state index in [1.807, 2.05) is 6.07 Å². The van der Waals surface area contributed by atoms with E-state index >= 15 is 0 Å². The second kappa shape index (κ2) is 5.51. The quantitative estimate of drug-likeness (QED) is 0.649. The number of carbonyl (C=O) groups is 1. The summed E-state index contributed by atoms with van der Waals surface area (Å²) < 4.78 is 0. The third-order valence-corrected chi connectivity index (χ3v) is 2.87. The van der Waals surface area contributed by atoms with E-state index < -0.39 is 0 Å². The Hall–Kier alpha value is -1.80. The number of nitrogens with zero attached hydrogens (tertiary/aromatic N) is 2. The van der Waals surface area contributed by atoms with E-state index in [0.717, 1.165) is 22.3 Å². The maximum atomic E-state index is 10.7. The molecule has 0 spiro atoms. The molecule has 0 saturated heterocycles. The highest BCUT2D eigenvalue weighted by Gasteiger charge is 1.96. The fourth-order valence-corrected chi connectivity index (χ4v) is 1.81. The van der Waals surface area contributed by atoms with Gasteiger partial charge in [-0.3, -0.25) is 9.89 Å². The molecule has 17 heavy (non-hydrogen) atoms. The SMILES string of the molecule is CC(=O)SCCC#Cc1cnc2[nH]ncc2c1. The van der Waals surface area contributed by atoms with Crippen molar-refractivity contribution in [2.45, 2.75) is 13.3 Å². The Kier molecular flexibility index (Phi) is 3.78. The second-order valence-electron chi connectivity index (χ2n) is 3.42. The van der Waals surface area contributed by atoms with Crippen molar-refractivity contribution in [1.29, 1.82) is 0 Å². The van der Waals surface area contributed by atoms with Crippen LogP contribution in [0.2, 0.25) is 0 Å². The molecule has 2 aromatic heterocycles. The zero-order chi connectivity index (χ0) is 12.1. The Morgan fingerprint density at radius 3 is 3.24 bits per heavy atom. The van der Waals surface area contributed by atoms with Gasteiger partial charge in [0, 0.05) is 36.2 Å². The highest BCUT2D eigenvalue weighted by molar-refractivity contribution is 8.13. The van der Waals surface area contributed by atoms with Crippen molar-refractivity contribution in [1.82, 2.24) is 15.2 Å². The first-order valence-corrected chi connectivity index (χ1v) is 6.15. The second-order valence-corrected chi connectivity index (χ2v) is 4.70. The summed E-state index contributed by atoms with van der Waals surface area (Å²) in [6.07, 6.45) is 4.14. The van der Waals surface area contributed by atoms with Gasteiger partial charge < -0.3 is 0 Å². The van der Waals surface area contributed by atoms with Crippen LogP contribution in [-0.2, 0) is 4.79 Å². The molecular weight excluding hydrogens is 234 g/mol. The largest absolute Gasteiger partial charge is 0.288 e. The van der Waals surface area contributed by atoms with Gasteiger partial charge >= 0.3 is 0 Å². The zero-order valence-corrected chi connectivity index (χ0v) is 10.2. The number of rotatable bonds is 2. The maximum Gasteiger partial charge on any atom is 0.185 e. The van der Waals surface area contributed by atoms with Crippen LogP contribution in [0.1, 0.15) is 18.9 Å². The monoisotopic (exact) mass is 245 g/mol. The van der Waals surface area contributed by atoms with E-state index in [1.165, 1.54) is 11.8 Å². The van der Waals surface area contributed by atoms with E-state index in [-0.39, 0.29) is 5.12 Å². The highest BCUT2D eigenvalue weighted by atomic mass is 32.2. The molecule has 0 aromatic carbocycles. The average Bonchev–Trinajstić information content (AvgIpc) is 2.75. The van der Waals surface area contributed by atoms with Crippen molar-refractivity contribution in [3.8, 4) is 11.8 Å². The smallest absolute Gasteiger partial charge is 0.185 e. The third kappa shape index (κ3) is 3.33. The summed E-state index contributed by atoms with van der Waals surface area (Å²) in [7, 11) is 0. The van der Waals surface area contributed by atoms with Crippen molar-refractivity contribution < 1.29 is 4.79 Å². The summed E-state index contributed by atoms with van der Waals surface area (Å²) in [6.45, 7) is 1.56. The molecule has 0 unspecified atom stereocenters. The van der Waals surface area contributed by atoms with Gasteiger partial charge in [0.2, 0.25) is 0 Å². The average molecular weight is 245 g/mol. The van der Waals surface area contributed by atoms with Gasteiger partial charge in [-0.15, -0.1) is 0 Å². The van der Waals surface area contributed by atoms with E-state index in [4.69, 9.17) is 0 Å². The first-order chi connectivity index (χ1) is 8.25. The highest BCUT2D eigenvalue weighted by Crippen LogP contribution is 2.08. The number of aromatic amines is 1. The molecule has 5 heteroatoms. The number of thioether (sulfide) groups is 1. The van der Waals surface area contributed by atoms with Crippen LogP contribution in [0.5, 0.6) is 0 Å². The molecule has 0 amide bonds. The van der Waals surface area contributed by atoms with Gasteiger partial charge in [-0.25, -0.2) is 4.98 Å². The number of pyridine rings is 1. The molecular formula is C12H11N3OS. The van der Waals surface area contributed by atoms with Crippen molar-refractivity contribution >= 4 is 27.9 Å². The molecule has 0 fully saturated rings. The lowest BCUT2D eigenvalue weighted by atomic mass is 10.2. The molecule has 0 aliphatic rings. The number of carbonyl (C=O) groups excluding carboxylic acids is 1. The fraction of sp³-hybridized carbons (Fsp3) is 0.250. The molecule has 1 N–H and O–H groups in total. The molecule has 0 saturated carbocycles. The van der Waals surface area contributed by atoms with Crippen molar-refractivity contribution in [3.05, 3.63) is 24.0 Å². The lowest BCUT2D eigenvalue weighted by Crippen LogP contribution is -1.84. The third-order valence-electron chi connectivity index (χ3n) is 2.06. The number of hydrogen-bond acceptors (Lipinski definition) is 4. The summed E-state index contributed by atoms with van der Waals surface area (Å²) >= 11 is 1.30. The van der Waals surface area contributed by atoms with Gasteiger partial charge in [0.1, 0.15) is 0 Å². The minimum absolute atomic E-state index is 0.133. The van der Waals surface area contributed by atoms with Gasteiger partial charge in [-0.1, -0.05) is 23.6 Å². The summed E-state index contributed by atoms with van der Waals surface area (Å²) in [6, 6.07) is 1.94. The van der Waals surface area contributed by atoms with Crippen LogP contribution in [-0.4, -0.2) is 26.0 Å². The predicted molar refractivity (Wildman–Crippen MR) is 68.5 cm³/mol. The molecule has 0 aliphatic heterocycles. The summed E-state index contributed by atoms with van der Waals surface area (Å²) in [5.74, 6) is 6.78. The molecule has 86 valence electrons. The minimum Gasteiger partial charge on any atom is -0.288 e. The maximum absolute atomic E-state index is 10.7. The Balaban J connectivity index is 1.98. The van der Waals surface area contributed by atoms with Crippen LogP contribution in [0.15, 0.2) is 18.5 Å². The standard InChI is InChI=1S/C12H11N3OS/c1-9(16)17-5-3-2-4-10-6-11-8-14-15-12(11)13-7-10/h6-8H,3,5H2,1H3,(H,13,14,15). The minimum atomic E-state index is 0.133. The van der Waals surface area contributed by atoms with E-state index in [9.17, 15) is 4.79 Å². The predicted octanol–water partition coefficient (Wildman–Crippen LogP) is 1.98. The van der Waals surface area contributed by atoms with E-state index in [1.54, 1.807) is 19.3 Å². The van der Waals surface area contributed by atoms with Gasteiger partial charge in [-0.05, 0) is 6.07 Å². The summed E-state index contributed by atoms with van der Waals surface area (Å²) in [5.41, 5.74) is 1.63. The topological polar surface area (TPSA) is 58.6 Å². The number of aromatic nitrogens is 3. The summed E-state index contributed by atoms with van der Waals surface area (Å²) in [5, 5.41) is 7.77. The number of H-pyrrole nitrogens is 1. The molecule has 0 radical (unpaired) electrons. The molecule has 2 aromatic rings. The molecule has 0 aliphatic carbocycles. The Morgan fingerprint density at radius 1 is 1.53 bits per heavy atom. The van der Waals surface area contributed by atoms with Crippen LogP contribution in [0.3, 0.4) is 0 Å². The summed E-state index contributed by atoms with van der Waals surface area (Å²) in [4.78, 5) is 14.9. The van der Waals surface area contributed by atoms with Gasteiger partial charge in [0.15, 0.2) is 10.8 Å².